The van der Waals surface area contributed by atoms with Crippen molar-refractivity contribution in [1.29, 1.82) is 0 Å². The first kappa shape index (κ1) is 5.10. The van der Waals surface area contributed by atoms with Gasteiger partial charge in [0.05, 0.1) is 0 Å². The van der Waals surface area contributed by atoms with Crippen LogP contribution in [0.4, 0.5) is 0 Å². The molecule has 0 unspecified atom stereocenters. The average Bonchev–Trinajstić information content (AvgIpc) is 1.37. The van der Waals surface area contributed by atoms with Crippen LogP contribution in [-0.2, 0) is 23.3 Å². The molecule has 0 aromatic heterocycles. The first-order chi connectivity index (χ1) is 1.91. The SMILES string of the molecule is CC[SiH]=[Zr+2]. The minimum absolute atomic E-state index is 0.872. The Balaban J connectivity index is 2.30. The van der Waals surface area contributed by atoms with Crippen molar-refractivity contribution in [3.8, 4) is 0 Å². The first-order valence-corrected chi connectivity index (χ1v) is 7.06. The van der Waals surface area contributed by atoms with Crippen molar-refractivity contribution < 1.29 is 23.3 Å². The molecule has 0 saturated heterocycles. The van der Waals surface area contributed by atoms with Crippen molar-refractivity contribution in [2.75, 3.05) is 0 Å². The molecular weight excluding hydrogens is 143 g/mol. The third-order valence-electron chi connectivity index (χ3n) is 0.204. The van der Waals surface area contributed by atoms with Crippen LogP contribution in [0.5, 0.6) is 0 Å². The summed E-state index contributed by atoms with van der Waals surface area (Å²) in [5.41, 5.74) is 0. The van der Waals surface area contributed by atoms with E-state index in [0.29, 0.717) is 0 Å². The Morgan fingerprint density at radius 3 is 2.25 bits per heavy atom. The van der Waals surface area contributed by atoms with Crippen molar-refractivity contribution in [3.05, 3.63) is 0 Å². The van der Waals surface area contributed by atoms with Crippen LogP contribution in [0, 0.1) is 0 Å². The van der Waals surface area contributed by atoms with Crippen molar-refractivity contribution in [2.24, 2.45) is 0 Å². The third kappa shape index (κ3) is 3.10. The summed E-state index contributed by atoms with van der Waals surface area (Å²) in [4.78, 5) is 0. The van der Waals surface area contributed by atoms with Crippen LogP contribution in [0.2, 0.25) is 6.04 Å². The molecule has 0 N–H and O–H groups in total. The number of rotatable bonds is 1. The van der Waals surface area contributed by atoms with E-state index in [4.69, 9.17) is 0 Å². The quantitative estimate of drug-likeness (QED) is 0.471. The molecule has 2 heteroatoms. The topological polar surface area (TPSA) is 0 Å². The van der Waals surface area contributed by atoms with E-state index >= 15 is 0 Å². The van der Waals surface area contributed by atoms with Gasteiger partial charge in [0, 0.05) is 0 Å². The standard InChI is InChI=1S/C2H6Si.Zr/c1-2-3;/h3H,2H2,1H3;/q;+2. The van der Waals surface area contributed by atoms with Gasteiger partial charge in [-0.15, -0.1) is 0 Å². The fourth-order valence-corrected chi connectivity index (χ4v) is 0. The first-order valence-electron chi connectivity index (χ1n) is 1.40. The van der Waals surface area contributed by atoms with Crippen molar-refractivity contribution in [3.63, 3.8) is 0 Å². The van der Waals surface area contributed by atoms with Crippen LogP contribution in [0.15, 0.2) is 0 Å². The van der Waals surface area contributed by atoms with E-state index in [0.717, 1.165) is 6.16 Å². The fourth-order valence-electron chi connectivity index (χ4n) is 0. The van der Waals surface area contributed by atoms with Crippen LogP contribution in [0.25, 0.3) is 0 Å². The number of hydrogen-bond acceptors (Lipinski definition) is 0. The molecule has 0 saturated carbocycles. The second-order valence-corrected chi connectivity index (χ2v) is 4.85. The molecule has 0 aliphatic heterocycles. The van der Waals surface area contributed by atoms with Gasteiger partial charge in [-0.05, 0) is 0 Å². The van der Waals surface area contributed by atoms with E-state index in [1.54, 1.807) is 23.3 Å². The van der Waals surface area contributed by atoms with Gasteiger partial charge < -0.3 is 0 Å². The third-order valence-corrected chi connectivity index (χ3v) is 3.62. The van der Waals surface area contributed by atoms with Gasteiger partial charge in [0.15, 0.2) is 0 Å². The summed E-state index contributed by atoms with van der Waals surface area (Å²) in [7, 11) is 0. The second-order valence-electron chi connectivity index (χ2n) is 0.612. The van der Waals surface area contributed by atoms with Gasteiger partial charge in [0.2, 0.25) is 0 Å². The van der Waals surface area contributed by atoms with Crippen LogP contribution in [0.3, 0.4) is 0 Å². The molecule has 0 aliphatic carbocycles. The Kier molecular flexibility index (Phi) is 5.23. The van der Waals surface area contributed by atoms with Crippen LogP contribution < -0.4 is 0 Å². The maximum atomic E-state index is 2.24. The zero-order valence-electron chi connectivity index (χ0n) is 2.78. The normalized spacial score (nSPS) is 6.75. The molecule has 0 amide bonds. The summed E-state index contributed by atoms with van der Waals surface area (Å²) in [6.45, 7) is 2.24. The van der Waals surface area contributed by atoms with Crippen molar-refractivity contribution >= 4 is 6.16 Å². The van der Waals surface area contributed by atoms with Gasteiger partial charge in [-0.25, -0.2) is 0 Å². The van der Waals surface area contributed by atoms with Crippen molar-refractivity contribution in [2.45, 2.75) is 13.0 Å². The van der Waals surface area contributed by atoms with E-state index in [2.05, 4.69) is 6.92 Å². The van der Waals surface area contributed by atoms with Gasteiger partial charge in [0.1, 0.15) is 0 Å². The summed E-state index contributed by atoms with van der Waals surface area (Å²) in [5.74, 6) is 0. The summed E-state index contributed by atoms with van der Waals surface area (Å²) in [6.07, 6.45) is 0.872. The molecule has 0 rings (SSSR count). The van der Waals surface area contributed by atoms with E-state index in [1.807, 2.05) is 0 Å². The fraction of sp³-hybridized carbons (Fsp3) is 1.00. The Bertz CT molecular complexity index is 20.0. The minimum atomic E-state index is 0.872. The van der Waals surface area contributed by atoms with Gasteiger partial charge in [-0.3, -0.25) is 0 Å². The Labute approximate surface area is 42.6 Å². The van der Waals surface area contributed by atoms with Crippen LogP contribution in [-0.4, -0.2) is 6.16 Å². The van der Waals surface area contributed by atoms with Gasteiger partial charge >= 0.3 is 42.5 Å². The Hall–Kier alpha value is 1.10. The zero-order valence-corrected chi connectivity index (χ0v) is 6.40. The predicted molar refractivity (Wildman–Crippen MR) is 17.6 cm³/mol. The molecule has 4 heavy (non-hydrogen) atoms. The Morgan fingerprint density at radius 1 is 2.00 bits per heavy atom. The Morgan fingerprint density at radius 2 is 2.25 bits per heavy atom. The second kappa shape index (κ2) is 4.10. The molecule has 0 spiro atoms. The van der Waals surface area contributed by atoms with Crippen LogP contribution in [0.1, 0.15) is 6.92 Å². The zero-order chi connectivity index (χ0) is 3.41. The average molecular weight is 149 g/mol. The summed E-state index contributed by atoms with van der Waals surface area (Å²) in [6, 6.07) is 1.44. The molecule has 0 aromatic carbocycles. The van der Waals surface area contributed by atoms with E-state index in [-0.39, 0.29) is 0 Å². The molecule has 0 fully saturated rings. The van der Waals surface area contributed by atoms with Crippen LogP contribution >= 0.6 is 0 Å². The molecular formula is C2H6SiZr+2. The molecule has 0 aliphatic rings. The molecule has 0 nitrogen and oxygen atoms in total. The van der Waals surface area contributed by atoms with E-state index < -0.39 is 0 Å². The summed E-state index contributed by atoms with van der Waals surface area (Å²) in [5, 5.41) is 0. The molecule has 0 atom stereocenters. The number of hydrogen-bond donors (Lipinski definition) is 0. The van der Waals surface area contributed by atoms with E-state index in [9.17, 15) is 0 Å². The van der Waals surface area contributed by atoms with Crippen molar-refractivity contribution in [1.82, 2.24) is 0 Å². The summed E-state index contributed by atoms with van der Waals surface area (Å²) >= 11 is 1.75. The molecule has 0 radical (unpaired) electrons. The molecule has 0 aromatic rings. The molecule has 20 valence electrons. The van der Waals surface area contributed by atoms with E-state index in [1.165, 1.54) is 6.04 Å². The monoisotopic (exact) mass is 148 g/mol. The molecule has 0 bridgehead atoms. The molecule has 0 heterocycles. The van der Waals surface area contributed by atoms with Gasteiger partial charge in [0.25, 0.3) is 0 Å². The van der Waals surface area contributed by atoms with Gasteiger partial charge in [-0.2, -0.15) is 0 Å². The van der Waals surface area contributed by atoms with Gasteiger partial charge in [-0.1, -0.05) is 0 Å². The predicted octanol–water partition coefficient (Wildman–Crippen LogP) is 0.323. The maximum absolute atomic E-state index is 2.24. The summed E-state index contributed by atoms with van der Waals surface area (Å²) < 4.78 is 0.